The fourth-order valence-electron chi connectivity index (χ4n) is 3.94. The van der Waals surface area contributed by atoms with Gasteiger partial charge in [-0.2, -0.15) is 5.10 Å². The van der Waals surface area contributed by atoms with E-state index in [9.17, 15) is 19.1 Å². The number of aliphatic hydroxyl groups is 1. The predicted octanol–water partition coefficient (Wildman–Crippen LogP) is 3.42. The third kappa shape index (κ3) is 4.85. The van der Waals surface area contributed by atoms with Crippen LogP contribution in [0.2, 0.25) is 0 Å². The Bertz CT molecular complexity index is 1250. The largest absolute Gasteiger partial charge is 0.394 e. The Morgan fingerprint density at radius 1 is 1.24 bits per heavy atom. The minimum absolute atomic E-state index is 0.00467. The Morgan fingerprint density at radius 2 is 2.06 bits per heavy atom. The molecule has 1 atom stereocenters. The van der Waals surface area contributed by atoms with Gasteiger partial charge in [0.15, 0.2) is 0 Å². The number of carbonyl (C=O) groups excluding carboxylic acids is 2. The van der Waals surface area contributed by atoms with Crippen molar-refractivity contribution in [2.24, 2.45) is 0 Å². The van der Waals surface area contributed by atoms with Crippen LogP contribution in [-0.2, 0) is 16.1 Å². The van der Waals surface area contributed by atoms with Crippen LogP contribution in [0.25, 0.3) is 11.3 Å². The van der Waals surface area contributed by atoms with Crippen molar-refractivity contribution in [1.29, 1.82) is 0 Å². The van der Waals surface area contributed by atoms with E-state index in [1.54, 1.807) is 16.8 Å². The van der Waals surface area contributed by atoms with E-state index in [1.165, 1.54) is 18.3 Å². The molecule has 0 bridgehead atoms. The first-order valence-electron chi connectivity index (χ1n) is 10.7. The Balaban J connectivity index is 1.61. The van der Waals surface area contributed by atoms with Gasteiger partial charge in [-0.3, -0.25) is 14.3 Å². The molecule has 3 N–H and O–H groups in total. The van der Waals surface area contributed by atoms with Crippen molar-refractivity contribution in [2.75, 3.05) is 11.9 Å². The normalized spacial score (nSPS) is 15.7. The molecule has 0 fully saturated rings. The average Bonchev–Trinajstić information content (AvgIpc) is 3.15. The summed E-state index contributed by atoms with van der Waals surface area (Å²) in [7, 11) is 0. The van der Waals surface area contributed by atoms with Crippen LogP contribution in [-0.4, -0.2) is 33.3 Å². The molecule has 33 heavy (non-hydrogen) atoms. The number of rotatable bonds is 6. The topological polar surface area (TPSA) is 96.2 Å². The van der Waals surface area contributed by atoms with Crippen molar-refractivity contribution in [2.45, 2.75) is 32.7 Å². The third-order valence-corrected chi connectivity index (χ3v) is 5.74. The maximum absolute atomic E-state index is 13.8. The average molecular weight is 448 g/mol. The van der Waals surface area contributed by atoms with E-state index in [1.807, 2.05) is 38.1 Å². The van der Waals surface area contributed by atoms with Crippen LogP contribution in [0.15, 0.2) is 60.3 Å². The molecular weight excluding hydrogens is 423 g/mol. The van der Waals surface area contributed by atoms with Gasteiger partial charge in [-0.15, -0.1) is 0 Å². The summed E-state index contributed by atoms with van der Waals surface area (Å²) in [4.78, 5) is 25.2. The number of amides is 2. The minimum atomic E-state index is -0.547. The number of aryl methyl sites for hydroxylation is 2. The second kappa shape index (κ2) is 9.38. The SMILES string of the molecule is Cc1ccc(-c2cc(C)n(CCO)n2)cc1NC(=O)C1=CNC(=O)CC1c1cccc(F)c1. The number of hydrogen-bond acceptors (Lipinski definition) is 4. The molecule has 1 unspecified atom stereocenters. The maximum atomic E-state index is 13.8. The molecule has 0 aliphatic carbocycles. The number of halogens is 1. The highest BCUT2D eigenvalue weighted by Crippen LogP contribution is 2.32. The van der Waals surface area contributed by atoms with Gasteiger partial charge in [0.2, 0.25) is 5.91 Å². The number of nitrogens with zero attached hydrogens (tertiary/aromatic N) is 2. The molecule has 2 amide bonds. The summed E-state index contributed by atoms with van der Waals surface area (Å²) in [5.41, 5.74) is 4.88. The van der Waals surface area contributed by atoms with E-state index in [4.69, 9.17) is 0 Å². The molecule has 0 radical (unpaired) electrons. The quantitative estimate of drug-likeness (QED) is 0.538. The number of aromatic nitrogens is 2. The lowest BCUT2D eigenvalue weighted by atomic mass is 9.86. The molecule has 1 aliphatic rings. The van der Waals surface area contributed by atoms with Gasteiger partial charge in [0, 0.05) is 41.1 Å². The zero-order valence-electron chi connectivity index (χ0n) is 18.4. The molecule has 0 spiro atoms. The van der Waals surface area contributed by atoms with Crippen molar-refractivity contribution < 1.29 is 19.1 Å². The van der Waals surface area contributed by atoms with E-state index >= 15 is 0 Å². The molecule has 2 aromatic carbocycles. The lowest BCUT2D eigenvalue weighted by molar-refractivity contribution is -0.121. The number of anilines is 1. The summed E-state index contributed by atoms with van der Waals surface area (Å²) in [6, 6.07) is 13.5. The van der Waals surface area contributed by atoms with E-state index in [2.05, 4.69) is 15.7 Å². The van der Waals surface area contributed by atoms with Crippen molar-refractivity contribution in [3.05, 3.63) is 82.9 Å². The molecule has 4 rings (SSSR count). The number of carbonyl (C=O) groups is 2. The smallest absolute Gasteiger partial charge is 0.253 e. The summed E-state index contributed by atoms with van der Waals surface area (Å²) in [6.07, 6.45) is 1.46. The van der Waals surface area contributed by atoms with Gasteiger partial charge >= 0.3 is 0 Å². The molecule has 0 saturated carbocycles. The molecular formula is C25H25FN4O3. The number of aliphatic hydroxyl groups excluding tert-OH is 1. The first-order chi connectivity index (χ1) is 15.9. The molecule has 170 valence electrons. The fourth-order valence-corrected chi connectivity index (χ4v) is 3.94. The summed E-state index contributed by atoms with van der Waals surface area (Å²) < 4.78 is 15.5. The zero-order valence-corrected chi connectivity index (χ0v) is 18.4. The van der Waals surface area contributed by atoms with Crippen LogP contribution < -0.4 is 10.6 Å². The second-order valence-corrected chi connectivity index (χ2v) is 8.08. The van der Waals surface area contributed by atoms with Crippen LogP contribution in [0, 0.1) is 19.7 Å². The molecule has 2 heterocycles. The highest BCUT2D eigenvalue weighted by Gasteiger charge is 2.29. The van der Waals surface area contributed by atoms with Crippen molar-refractivity contribution >= 4 is 17.5 Å². The van der Waals surface area contributed by atoms with Crippen LogP contribution in [0.4, 0.5) is 10.1 Å². The predicted molar refractivity (Wildman–Crippen MR) is 123 cm³/mol. The van der Waals surface area contributed by atoms with E-state index in [0.717, 1.165) is 22.5 Å². The Labute approximate surface area is 190 Å². The Kier molecular flexibility index (Phi) is 6.37. The van der Waals surface area contributed by atoms with Crippen molar-refractivity contribution in [1.82, 2.24) is 15.1 Å². The molecule has 0 saturated heterocycles. The van der Waals surface area contributed by atoms with Gasteiger partial charge in [-0.05, 0) is 49.2 Å². The molecule has 1 aromatic heterocycles. The van der Waals surface area contributed by atoms with E-state index in [-0.39, 0.29) is 24.8 Å². The number of benzene rings is 2. The lowest BCUT2D eigenvalue weighted by Crippen LogP contribution is -2.32. The highest BCUT2D eigenvalue weighted by atomic mass is 19.1. The van der Waals surface area contributed by atoms with Gasteiger partial charge in [0.1, 0.15) is 5.82 Å². The van der Waals surface area contributed by atoms with Gasteiger partial charge < -0.3 is 15.7 Å². The van der Waals surface area contributed by atoms with Crippen LogP contribution >= 0.6 is 0 Å². The van der Waals surface area contributed by atoms with Crippen LogP contribution in [0.1, 0.15) is 29.2 Å². The van der Waals surface area contributed by atoms with E-state index < -0.39 is 11.7 Å². The summed E-state index contributed by atoms with van der Waals surface area (Å²) in [5, 5.41) is 19.3. The minimum Gasteiger partial charge on any atom is -0.394 e. The van der Waals surface area contributed by atoms with Gasteiger partial charge in [0.05, 0.1) is 18.8 Å². The van der Waals surface area contributed by atoms with Crippen LogP contribution in [0.5, 0.6) is 0 Å². The lowest BCUT2D eigenvalue weighted by Gasteiger charge is -2.24. The number of hydrogen-bond donors (Lipinski definition) is 3. The summed E-state index contributed by atoms with van der Waals surface area (Å²) in [5.74, 6) is -1.56. The Morgan fingerprint density at radius 3 is 2.82 bits per heavy atom. The highest BCUT2D eigenvalue weighted by molar-refractivity contribution is 6.07. The van der Waals surface area contributed by atoms with Crippen LogP contribution in [0.3, 0.4) is 0 Å². The third-order valence-electron chi connectivity index (χ3n) is 5.74. The first-order valence-corrected chi connectivity index (χ1v) is 10.7. The van der Waals surface area contributed by atoms with Crippen molar-refractivity contribution in [3.8, 4) is 11.3 Å². The van der Waals surface area contributed by atoms with Crippen molar-refractivity contribution in [3.63, 3.8) is 0 Å². The summed E-state index contributed by atoms with van der Waals surface area (Å²) in [6.45, 7) is 4.20. The molecule has 7 nitrogen and oxygen atoms in total. The zero-order chi connectivity index (χ0) is 23.5. The maximum Gasteiger partial charge on any atom is 0.253 e. The number of nitrogens with one attached hydrogen (secondary N) is 2. The molecule has 1 aliphatic heterocycles. The Hall–Kier alpha value is -3.78. The van der Waals surface area contributed by atoms with Gasteiger partial charge in [-0.25, -0.2) is 4.39 Å². The first kappa shape index (κ1) is 22.4. The molecule has 8 heteroatoms. The monoisotopic (exact) mass is 448 g/mol. The summed E-state index contributed by atoms with van der Waals surface area (Å²) >= 11 is 0. The van der Waals surface area contributed by atoms with Gasteiger partial charge in [-0.1, -0.05) is 24.3 Å². The second-order valence-electron chi connectivity index (χ2n) is 8.08. The van der Waals surface area contributed by atoms with E-state index in [0.29, 0.717) is 23.4 Å². The standard InChI is InChI=1S/C25H25FN4O3/c1-15-6-7-18(23-10-16(2)30(29-23)8-9-31)12-22(15)28-25(33)21-14-27-24(32)13-20(21)17-4-3-5-19(26)11-17/h3-7,10-12,14,20,31H,8-9,13H2,1-2H3,(H,27,32)(H,28,33). The molecule has 3 aromatic rings. The van der Waals surface area contributed by atoms with Gasteiger partial charge in [0.25, 0.3) is 5.91 Å². The fraction of sp³-hybridized carbons (Fsp3) is 0.240.